The second kappa shape index (κ2) is 5.20. The van der Waals surface area contributed by atoms with E-state index in [9.17, 15) is 19.5 Å². The van der Waals surface area contributed by atoms with Crippen molar-refractivity contribution < 1.29 is 9.90 Å². The highest BCUT2D eigenvalue weighted by molar-refractivity contribution is 5.97. The van der Waals surface area contributed by atoms with E-state index >= 15 is 0 Å². The third-order valence-corrected chi connectivity index (χ3v) is 2.86. The maximum atomic E-state index is 11.9. The Morgan fingerprint density at radius 1 is 1.22 bits per heavy atom. The SMILES string of the molecule is CC(C)CCC(=O)c1c(O)n(C)c(=O)n(C)c1=O. The van der Waals surface area contributed by atoms with Crippen LogP contribution in [0, 0.1) is 5.92 Å². The van der Waals surface area contributed by atoms with Crippen LogP contribution in [0.3, 0.4) is 0 Å². The van der Waals surface area contributed by atoms with Crippen LogP contribution in [0.5, 0.6) is 5.88 Å². The molecule has 0 aliphatic rings. The van der Waals surface area contributed by atoms with E-state index in [4.69, 9.17) is 0 Å². The summed E-state index contributed by atoms with van der Waals surface area (Å²) in [5.41, 5.74) is -1.71. The lowest BCUT2D eigenvalue weighted by atomic mass is 10.0. The van der Waals surface area contributed by atoms with Crippen LogP contribution >= 0.6 is 0 Å². The highest BCUT2D eigenvalue weighted by atomic mass is 16.3. The fourth-order valence-corrected chi connectivity index (χ4v) is 1.62. The third-order valence-electron chi connectivity index (χ3n) is 2.86. The Balaban J connectivity index is 3.30. The van der Waals surface area contributed by atoms with Gasteiger partial charge in [0.1, 0.15) is 5.56 Å². The first-order chi connectivity index (χ1) is 8.27. The smallest absolute Gasteiger partial charge is 0.333 e. The predicted molar refractivity (Wildman–Crippen MR) is 67.0 cm³/mol. The van der Waals surface area contributed by atoms with E-state index < -0.39 is 22.9 Å². The molecule has 1 N–H and O–H groups in total. The Bertz CT molecular complexity index is 581. The summed E-state index contributed by atoms with van der Waals surface area (Å²) in [7, 11) is 2.60. The van der Waals surface area contributed by atoms with E-state index in [1.54, 1.807) is 0 Å². The average molecular weight is 254 g/mol. The number of Topliss-reactive ketones (excluding diaryl/α,β-unsaturated/α-hetero) is 1. The number of aromatic hydroxyl groups is 1. The fourth-order valence-electron chi connectivity index (χ4n) is 1.62. The van der Waals surface area contributed by atoms with Gasteiger partial charge in [-0.25, -0.2) is 4.79 Å². The van der Waals surface area contributed by atoms with Gasteiger partial charge < -0.3 is 5.11 Å². The van der Waals surface area contributed by atoms with Crippen molar-refractivity contribution in [1.82, 2.24) is 9.13 Å². The predicted octanol–water partition coefficient (Wildman–Crippen LogP) is 0.409. The molecule has 100 valence electrons. The number of ketones is 1. The molecule has 6 heteroatoms. The van der Waals surface area contributed by atoms with Gasteiger partial charge in [0.05, 0.1) is 0 Å². The van der Waals surface area contributed by atoms with Crippen LogP contribution in [-0.2, 0) is 14.1 Å². The molecular formula is C12H18N2O4. The first kappa shape index (κ1) is 14.2. The summed E-state index contributed by atoms with van der Waals surface area (Å²) in [4.78, 5) is 35.2. The molecule has 6 nitrogen and oxygen atoms in total. The Morgan fingerprint density at radius 2 is 1.78 bits per heavy atom. The lowest BCUT2D eigenvalue weighted by molar-refractivity contribution is 0.0968. The molecule has 0 amide bonds. The average Bonchev–Trinajstić information content (AvgIpc) is 2.31. The minimum atomic E-state index is -0.746. The van der Waals surface area contributed by atoms with Crippen LogP contribution in [0.1, 0.15) is 37.0 Å². The van der Waals surface area contributed by atoms with Crippen molar-refractivity contribution in [1.29, 1.82) is 0 Å². The summed E-state index contributed by atoms with van der Waals surface area (Å²) in [5, 5.41) is 9.75. The zero-order chi connectivity index (χ0) is 14.0. The maximum Gasteiger partial charge on any atom is 0.333 e. The molecule has 0 saturated heterocycles. The van der Waals surface area contributed by atoms with Gasteiger partial charge in [-0.05, 0) is 12.3 Å². The molecule has 0 aromatic carbocycles. The van der Waals surface area contributed by atoms with E-state index in [0.29, 0.717) is 12.3 Å². The number of nitrogens with zero attached hydrogens (tertiary/aromatic N) is 2. The molecule has 0 fully saturated rings. The highest BCUT2D eigenvalue weighted by Gasteiger charge is 2.21. The third kappa shape index (κ3) is 2.52. The number of carbonyl (C=O) groups excluding carboxylic acids is 1. The normalized spacial score (nSPS) is 10.9. The Kier molecular flexibility index (Phi) is 4.11. The molecule has 18 heavy (non-hydrogen) atoms. The van der Waals surface area contributed by atoms with Crippen LogP contribution in [0.25, 0.3) is 0 Å². The van der Waals surface area contributed by atoms with Crippen molar-refractivity contribution in [2.24, 2.45) is 20.0 Å². The van der Waals surface area contributed by atoms with Crippen molar-refractivity contribution in [3.05, 3.63) is 26.4 Å². The molecule has 0 aliphatic heterocycles. The van der Waals surface area contributed by atoms with Crippen molar-refractivity contribution in [3.63, 3.8) is 0 Å². The van der Waals surface area contributed by atoms with E-state index in [0.717, 1.165) is 9.13 Å². The quantitative estimate of drug-likeness (QED) is 0.789. The lowest BCUT2D eigenvalue weighted by Gasteiger charge is -2.10. The summed E-state index contributed by atoms with van der Waals surface area (Å²) in [6.07, 6.45) is 0.808. The molecular weight excluding hydrogens is 236 g/mol. The Hall–Kier alpha value is -1.85. The molecule has 1 aromatic rings. The van der Waals surface area contributed by atoms with Gasteiger partial charge in [0.25, 0.3) is 5.56 Å². The van der Waals surface area contributed by atoms with Gasteiger partial charge in [0, 0.05) is 20.5 Å². The second-order valence-corrected chi connectivity index (χ2v) is 4.76. The molecule has 0 saturated carbocycles. The first-order valence-corrected chi connectivity index (χ1v) is 5.79. The lowest BCUT2D eigenvalue weighted by Crippen LogP contribution is -2.40. The Labute approximate surface area is 104 Å². The monoisotopic (exact) mass is 254 g/mol. The van der Waals surface area contributed by atoms with Crippen LogP contribution in [0.4, 0.5) is 0 Å². The van der Waals surface area contributed by atoms with Gasteiger partial charge >= 0.3 is 5.69 Å². The van der Waals surface area contributed by atoms with E-state index in [2.05, 4.69) is 0 Å². The van der Waals surface area contributed by atoms with Crippen molar-refractivity contribution in [3.8, 4) is 5.88 Å². The summed E-state index contributed by atoms with van der Waals surface area (Å²) < 4.78 is 1.71. The largest absolute Gasteiger partial charge is 0.494 e. The minimum absolute atomic E-state index is 0.179. The summed E-state index contributed by atoms with van der Waals surface area (Å²) >= 11 is 0. The van der Waals surface area contributed by atoms with Gasteiger partial charge in [-0.3, -0.25) is 18.7 Å². The standard InChI is InChI=1S/C12H18N2O4/c1-7(2)5-6-8(15)9-10(16)13(3)12(18)14(4)11(9)17/h7,16H,5-6H2,1-4H3. The van der Waals surface area contributed by atoms with Crippen molar-refractivity contribution >= 4 is 5.78 Å². The zero-order valence-electron chi connectivity index (χ0n) is 11.1. The van der Waals surface area contributed by atoms with Gasteiger partial charge in [-0.1, -0.05) is 13.8 Å². The van der Waals surface area contributed by atoms with Gasteiger partial charge in [0.2, 0.25) is 5.88 Å². The maximum absolute atomic E-state index is 11.9. The van der Waals surface area contributed by atoms with Crippen LogP contribution in [0.15, 0.2) is 9.59 Å². The topological polar surface area (TPSA) is 81.3 Å². The Morgan fingerprint density at radius 3 is 2.28 bits per heavy atom. The molecule has 0 spiro atoms. The second-order valence-electron chi connectivity index (χ2n) is 4.76. The van der Waals surface area contributed by atoms with Gasteiger partial charge in [-0.2, -0.15) is 0 Å². The van der Waals surface area contributed by atoms with E-state index in [1.165, 1.54) is 14.1 Å². The molecule has 0 bridgehead atoms. The number of rotatable bonds is 4. The number of hydrogen-bond acceptors (Lipinski definition) is 4. The summed E-state index contributed by atoms with van der Waals surface area (Å²) in [5.74, 6) is -0.665. The molecule has 0 aliphatic carbocycles. The summed E-state index contributed by atoms with van der Waals surface area (Å²) in [6.45, 7) is 3.93. The number of aromatic nitrogens is 2. The minimum Gasteiger partial charge on any atom is -0.494 e. The molecule has 0 unspecified atom stereocenters. The molecule has 1 rings (SSSR count). The molecule has 0 atom stereocenters. The highest BCUT2D eigenvalue weighted by Crippen LogP contribution is 2.14. The summed E-state index contributed by atoms with van der Waals surface area (Å²) in [6, 6.07) is 0. The fraction of sp³-hybridized carbons (Fsp3) is 0.583. The van der Waals surface area contributed by atoms with Gasteiger partial charge in [-0.15, -0.1) is 0 Å². The van der Waals surface area contributed by atoms with Crippen molar-refractivity contribution in [2.75, 3.05) is 0 Å². The molecule has 1 heterocycles. The number of hydrogen-bond donors (Lipinski definition) is 1. The molecule has 0 radical (unpaired) electrons. The van der Waals surface area contributed by atoms with Crippen LogP contribution in [-0.4, -0.2) is 20.0 Å². The zero-order valence-corrected chi connectivity index (χ0v) is 11.1. The van der Waals surface area contributed by atoms with Gasteiger partial charge in [0.15, 0.2) is 5.78 Å². The van der Waals surface area contributed by atoms with Crippen molar-refractivity contribution in [2.45, 2.75) is 26.7 Å². The van der Waals surface area contributed by atoms with E-state index in [-0.39, 0.29) is 12.0 Å². The van der Waals surface area contributed by atoms with E-state index in [1.807, 2.05) is 13.8 Å². The molecule has 1 aromatic heterocycles. The van der Waals surface area contributed by atoms with Crippen LogP contribution < -0.4 is 11.2 Å². The number of carbonyl (C=O) groups is 1. The van der Waals surface area contributed by atoms with Crippen LogP contribution in [0.2, 0.25) is 0 Å². The first-order valence-electron chi connectivity index (χ1n) is 5.79.